The quantitative estimate of drug-likeness (QED) is 0.725. The molecule has 0 aliphatic heterocycles. The second-order valence-electron chi connectivity index (χ2n) is 4.78. The number of ether oxygens (including phenoxy) is 3. The van der Waals surface area contributed by atoms with E-state index < -0.39 is 24.5 Å². The maximum absolute atomic E-state index is 11.8. The molecular formula is C17H17NO6S. The van der Waals surface area contributed by atoms with Crippen molar-refractivity contribution < 1.29 is 28.6 Å². The van der Waals surface area contributed by atoms with Gasteiger partial charge in [0.2, 0.25) is 0 Å². The SMILES string of the molecule is COC(=O)c1sccc1NC(=O)COC(=O)CCOc1ccccc1. The van der Waals surface area contributed by atoms with Gasteiger partial charge in [0, 0.05) is 0 Å². The second kappa shape index (κ2) is 9.43. The van der Waals surface area contributed by atoms with Gasteiger partial charge in [0.1, 0.15) is 10.6 Å². The Morgan fingerprint density at radius 3 is 2.60 bits per heavy atom. The topological polar surface area (TPSA) is 90.9 Å². The van der Waals surface area contributed by atoms with Crippen LogP contribution in [0.1, 0.15) is 16.1 Å². The summed E-state index contributed by atoms with van der Waals surface area (Å²) in [6, 6.07) is 10.6. The fourth-order valence-corrected chi connectivity index (χ4v) is 2.60. The van der Waals surface area contributed by atoms with Gasteiger partial charge in [-0.1, -0.05) is 18.2 Å². The molecule has 0 bridgehead atoms. The van der Waals surface area contributed by atoms with Gasteiger partial charge < -0.3 is 19.5 Å². The highest BCUT2D eigenvalue weighted by Crippen LogP contribution is 2.22. The van der Waals surface area contributed by atoms with Crippen molar-refractivity contribution in [2.45, 2.75) is 6.42 Å². The van der Waals surface area contributed by atoms with Crippen molar-refractivity contribution in [3.8, 4) is 5.75 Å². The molecule has 7 nitrogen and oxygen atoms in total. The summed E-state index contributed by atoms with van der Waals surface area (Å²) in [6.07, 6.45) is 0.0219. The summed E-state index contributed by atoms with van der Waals surface area (Å²) in [5.41, 5.74) is 0.324. The molecule has 0 aliphatic rings. The Morgan fingerprint density at radius 1 is 1.12 bits per heavy atom. The molecule has 0 radical (unpaired) electrons. The second-order valence-corrected chi connectivity index (χ2v) is 5.69. The molecule has 0 aliphatic carbocycles. The van der Waals surface area contributed by atoms with E-state index in [-0.39, 0.29) is 17.9 Å². The van der Waals surface area contributed by atoms with Crippen LogP contribution < -0.4 is 10.1 Å². The fourth-order valence-electron chi connectivity index (χ4n) is 1.83. The number of carbonyl (C=O) groups excluding carboxylic acids is 3. The van der Waals surface area contributed by atoms with Gasteiger partial charge in [-0.2, -0.15) is 0 Å². The van der Waals surface area contributed by atoms with Crippen LogP contribution >= 0.6 is 11.3 Å². The average Bonchev–Trinajstić information content (AvgIpc) is 3.08. The maximum atomic E-state index is 11.8. The summed E-state index contributed by atoms with van der Waals surface area (Å²) in [5, 5.41) is 4.15. The normalized spacial score (nSPS) is 9.96. The average molecular weight is 363 g/mol. The van der Waals surface area contributed by atoms with Gasteiger partial charge in [-0.25, -0.2) is 4.79 Å². The van der Waals surface area contributed by atoms with Crippen LogP contribution in [0.15, 0.2) is 41.8 Å². The standard InChI is InChI=1S/C17H17NO6S/c1-22-17(21)16-13(8-10-25-16)18-14(19)11-24-15(20)7-9-23-12-5-3-2-4-6-12/h2-6,8,10H,7,9,11H2,1H3,(H,18,19). The lowest BCUT2D eigenvalue weighted by Gasteiger charge is -2.08. The van der Waals surface area contributed by atoms with Crippen LogP contribution in [0.2, 0.25) is 0 Å². The van der Waals surface area contributed by atoms with Gasteiger partial charge in [0.25, 0.3) is 5.91 Å². The Morgan fingerprint density at radius 2 is 1.88 bits per heavy atom. The van der Waals surface area contributed by atoms with E-state index in [1.54, 1.807) is 23.6 Å². The fraction of sp³-hybridized carbons (Fsp3) is 0.235. The van der Waals surface area contributed by atoms with Gasteiger partial charge in [-0.3, -0.25) is 9.59 Å². The first kappa shape index (κ1) is 18.5. The summed E-state index contributed by atoms with van der Waals surface area (Å²) in [7, 11) is 1.26. The van der Waals surface area contributed by atoms with Crippen LogP contribution in [0, 0.1) is 0 Å². The third kappa shape index (κ3) is 5.92. The lowest BCUT2D eigenvalue weighted by atomic mass is 10.3. The molecule has 1 amide bonds. The zero-order chi connectivity index (χ0) is 18.1. The molecule has 2 rings (SSSR count). The highest BCUT2D eigenvalue weighted by molar-refractivity contribution is 7.12. The van der Waals surface area contributed by atoms with Crippen molar-refractivity contribution in [1.29, 1.82) is 0 Å². The first-order valence-electron chi connectivity index (χ1n) is 7.39. The third-order valence-corrected chi connectivity index (χ3v) is 3.89. The number of para-hydroxylation sites is 1. The minimum absolute atomic E-state index is 0.0219. The van der Waals surface area contributed by atoms with E-state index in [0.29, 0.717) is 11.4 Å². The largest absolute Gasteiger partial charge is 0.493 e. The molecule has 0 fully saturated rings. The highest BCUT2D eigenvalue weighted by Gasteiger charge is 2.16. The zero-order valence-electron chi connectivity index (χ0n) is 13.5. The van der Waals surface area contributed by atoms with Crippen LogP contribution in [-0.2, 0) is 19.1 Å². The number of benzene rings is 1. The molecule has 25 heavy (non-hydrogen) atoms. The van der Waals surface area contributed by atoms with E-state index in [1.807, 2.05) is 18.2 Å². The van der Waals surface area contributed by atoms with E-state index in [9.17, 15) is 14.4 Å². The Balaban J connectivity index is 1.70. The molecule has 0 spiro atoms. The number of anilines is 1. The van der Waals surface area contributed by atoms with Crippen molar-refractivity contribution >= 4 is 34.9 Å². The number of esters is 2. The van der Waals surface area contributed by atoms with Crippen molar-refractivity contribution in [2.24, 2.45) is 0 Å². The first-order chi connectivity index (χ1) is 12.1. The highest BCUT2D eigenvalue weighted by atomic mass is 32.1. The smallest absolute Gasteiger partial charge is 0.350 e. The summed E-state index contributed by atoms with van der Waals surface area (Å²) >= 11 is 1.14. The molecule has 1 aromatic carbocycles. The Bertz CT molecular complexity index is 728. The van der Waals surface area contributed by atoms with Crippen molar-refractivity contribution in [3.05, 3.63) is 46.7 Å². The summed E-state index contributed by atoms with van der Waals surface area (Å²) in [4.78, 5) is 35.2. The number of rotatable bonds is 8. The van der Waals surface area contributed by atoms with Gasteiger partial charge in [-0.05, 0) is 23.6 Å². The summed E-state index contributed by atoms with van der Waals surface area (Å²) in [6.45, 7) is -0.290. The van der Waals surface area contributed by atoms with E-state index in [1.165, 1.54) is 7.11 Å². The molecular weight excluding hydrogens is 346 g/mol. The molecule has 0 unspecified atom stereocenters. The monoisotopic (exact) mass is 363 g/mol. The number of carbonyl (C=O) groups is 3. The van der Waals surface area contributed by atoms with Gasteiger partial charge >= 0.3 is 11.9 Å². The van der Waals surface area contributed by atoms with E-state index in [4.69, 9.17) is 9.47 Å². The molecule has 8 heteroatoms. The summed E-state index contributed by atoms with van der Waals surface area (Å²) in [5.74, 6) is -0.980. The Hall–Kier alpha value is -2.87. The predicted octanol–water partition coefficient (Wildman–Crippen LogP) is 2.49. The summed E-state index contributed by atoms with van der Waals surface area (Å²) < 4.78 is 14.9. The molecule has 1 heterocycles. The van der Waals surface area contributed by atoms with Crippen LogP contribution in [0.4, 0.5) is 5.69 Å². The van der Waals surface area contributed by atoms with E-state index in [0.717, 1.165) is 11.3 Å². The van der Waals surface area contributed by atoms with Crippen molar-refractivity contribution in [2.75, 3.05) is 25.6 Å². The minimum Gasteiger partial charge on any atom is -0.493 e. The number of nitrogens with one attached hydrogen (secondary N) is 1. The third-order valence-electron chi connectivity index (χ3n) is 2.99. The number of methoxy groups -OCH3 is 1. The van der Waals surface area contributed by atoms with Crippen LogP contribution in [0.3, 0.4) is 0 Å². The molecule has 0 saturated carbocycles. The van der Waals surface area contributed by atoms with Crippen LogP contribution in [0.5, 0.6) is 5.75 Å². The lowest BCUT2D eigenvalue weighted by Crippen LogP contribution is -2.22. The van der Waals surface area contributed by atoms with Gasteiger partial charge in [0.15, 0.2) is 6.61 Å². The maximum Gasteiger partial charge on any atom is 0.350 e. The van der Waals surface area contributed by atoms with E-state index >= 15 is 0 Å². The molecule has 0 saturated heterocycles. The molecule has 0 atom stereocenters. The zero-order valence-corrected chi connectivity index (χ0v) is 14.3. The van der Waals surface area contributed by atoms with Crippen molar-refractivity contribution in [3.63, 3.8) is 0 Å². The first-order valence-corrected chi connectivity index (χ1v) is 8.27. The van der Waals surface area contributed by atoms with Gasteiger partial charge in [0.05, 0.1) is 25.8 Å². The molecule has 1 N–H and O–H groups in total. The number of hydrogen-bond acceptors (Lipinski definition) is 7. The number of hydrogen-bond donors (Lipinski definition) is 1. The van der Waals surface area contributed by atoms with E-state index in [2.05, 4.69) is 10.1 Å². The predicted molar refractivity (Wildman–Crippen MR) is 91.8 cm³/mol. The molecule has 1 aromatic heterocycles. The number of amides is 1. The van der Waals surface area contributed by atoms with Crippen molar-refractivity contribution in [1.82, 2.24) is 0 Å². The lowest BCUT2D eigenvalue weighted by molar-refractivity contribution is -0.147. The van der Waals surface area contributed by atoms with Crippen LogP contribution in [0.25, 0.3) is 0 Å². The molecule has 132 valence electrons. The Kier molecular flexibility index (Phi) is 6.97. The Labute approximate surface area is 148 Å². The van der Waals surface area contributed by atoms with Gasteiger partial charge in [-0.15, -0.1) is 11.3 Å². The minimum atomic E-state index is -0.551. The number of thiophene rings is 1. The van der Waals surface area contributed by atoms with Crippen LogP contribution in [-0.4, -0.2) is 38.2 Å². The molecule has 2 aromatic rings.